The van der Waals surface area contributed by atoms with Crippen molar-refractivity contribution in [2.75, 3.05) is 6.54 Å². The zero-order chi connectivity index (χ0) is 13.5. The lowest BCUT2D eigenvalue weighted by Gasteiger charge is -2.21. The summed E-state index contributed by atoms with van der Waals surface area (Å²) < 4.78 is 2.31. The van der Waals surface area contributed by atoms with Crippen molar-refractivity contribution in [3.05, 3.63) is 24.2 Å². The molecular weight excluding hydrogens is 236 g/mol. The van der Waals surface area contributed by atoms with E-state index < -0.39 is 0 Å². The summed E-state index contributed by atoms with van der Waals surface area (Å²) in [5, 5.41) is 3.56. The zero-order valence-corrected chi connectivity index (χ0v) is 12.0. The molecule has 2 aromatic rings. The van der Waals surface area contributed by atoms with Crippen molar-refractivity contribution in [3.8, 4) is 0 Å². The molecule has 0 saturated carbocycles. The second kappa shape index (κ2) is 4.60. The van der Waals surface area contributed by atoms with Gasteiger partial charge < -0.3 is 0 Å². The molecule has 4 nitrogen and oxygen atoms in total. The SMILES string of the molecule is CC(C)(C)Cc1nc2cccnc2n1C1CCCN1. The van der Waals surface area contributed by atoms with Crippen LogP contribution in [0.4, 0.5) is 0 Å². The maximum absolute atomic E-state index is 4.80. The van der Waals surface area contributed by atoms with Gasteiger partial charge in [0.15, 0.2) is 5.65 Å². The van der Waals surface area contributed by atoms with E-state index >= 15 is 0 Å². The molecule has 0 aliphatic carbocycles. The van der Waals surface area contributed by atoms with Crippen molar-refractivity contribution in [2.45, 2.75) is 46.2 Å². The number of hydrogen-bond acceptors (Lipinski definition) is 3. The van der Waals surface area contributed by atoms with E-state index in [1.165, 1.54) is 12.8 Å². The summed E-state index contributed by atoms with van der Waals surface area (Å²) in [4.78, 5) is 9.34. The van der Waals surface area contributed by atoms with Gasteiger partial charge in [-0.25, -0.2) is 9.97 Å². The Bertz CT molecular complexity index is 573. The van der Waals surface area contributed by atoms with Gasteiger partial charge >= 0.3 is 0 Å². The number of fused-ring (bicyclic) bond motifs is 1. The summed E-state index contributed by atoms with van der Waals surface area (Å²) in [5.74, 6) is 1.15. The van der Waals surface area contributed by atoms with Gasteiger partial charge in [0, 0.05) is 12.6 Å². The van der Waals surface area contributed by atoms with Crippen molar-refractivity contribution < 1.29 is 0 Å². The minimum absolute atomic E-state index is 0.234. The molecular formula is C15H22N4. The first-order valence-electron chi connectivity index (χ1n) is 7.10. The molecule has 1 N–H and O–H groups in total. The second-order valence-corrected chi connectivity index (χ2v) is 6.59. The minimum atomic E-state index is 0.234. The molecule has 0 aromatic carbocycles. The van der Waals surface area contributed by atoms with Gasteiger partial charge in [0.1, 0.15) is 11.3 Å². The molecule has 1 fully saturated rings. The number of imidazole rings is 1. The maximum Gasteiger partial charge on any atom is 0.161 e. The highest BCUT2D eigenvalue weighted by Gasteiger charge is 2.25. The van der Waals surface area contributed by atoms with E-state index in [1.807, 2.05) is 12.3 Å². The van der Waals surface area contributed by atoms with Gasteiger partial charge in [-0.15, -0.1) is 0 Å². The second-order valence-electron chi connectivity index (χ2n) is 6.59. The number of hydrogen-bond donors (Lipinski definition) is 1. The molecule has 3 heterocycles. The van der Waals surface area contributed by atoms with Crippen LogP contribution < -0.4 is 5.32 Å². The van der Waals surface area contributed by atoms with Crippen LogP contribution in [0.15, 0.2) is 18.3 Å². The molecule has 1 aliphatic heterocycles. The Morgan fingerprint density at radius 2 is 2.26 bits per heavy atom. The van der Waals surface area contributed by atoms with Gasteiger partial charge in [0.05, 0.1) is 6.17 Å². The molecule has 1 atom stereocenters. The Morgan fingerprint density at radius 1 is 1.42 bits per heavy atom. The van der Waals surface area contributed by atoms with Crippen LogP contribution in [0.5, 0.6) is 0 Å². The molecule has 0 amide bonds. The molecule has 102 valence electrons. The van der Waals surface area contributed by atoms with E-state index in [0.29, 0.717) is 6.17 Å². The van der Waals surface area contributed by atoms with Crippen LogP contribution in [0.25, 0.3) is 11.2 Å². The third kappa shape index (κ3) is 2.50. The number of aromatic nitrogens is 3. The molecule has 1 unspecified atom stereocenters. The Morgan fingerprint density at radius 3 is 2.95 bits per heavy atom. The fourth-order valence-electron chi connectivity index (χ4n) is 2.79. The fraction of sp³-hybridized carbons (Fsp3) is 0.600. The first-order chi connectivity index (χ1) is 9.04. The lowest BCUT2D eigenvalue weighted by atomic mass is 9.92. The van der Waals surface area contributed by atoms with Gasteiger partial charge in [-0.1, -0.05) is 20.8 Å². The molecule has 0 bridgehead atoms. The quantitative estimate of drug-likeness (QED) is 0.900. The van der Waals surface area contributed by atoms with Crippen molar-refractivity contribution in [1.29, 1.82) is 0 Å². The molecule has 0 spiro atoms. The van der Waals surface area contributed by atoms with Crippen LogP contribution in [0.1, 0.15) is 45.6 Å². The average molecular weight is 258 g/mol. The lowest BCUT2D eigenvalue weighted by molar-refractivity contribution is 0.374. The molecule has 0 radical (unpaired) electrons. The number of rotatable bonds is 2. The first-order valence-corrected chi connectivity index (χ1v) is 7.10. The standard InChI is InChI=1S/C15H22N4/c1-15(2,3)10-13-18-11-6-4-9-17-14(11)19(13)12-7-5-8-16-12/h4,6,9,12,16H,5,7-8,10H2,1-3H3. The van der Waals surface area contributed by atoms with Crippen LogP contribution in [-0.4, -0.2) is 21.1 Å². The minimum Gasteiger partial charge on any atom is -0.297 e. The molecule has 1 aliphatic rings. The summed E-state index contributed by atoms with van der Waals surface area (Å²) >= 11 is 0. The summed E-state index contributed by atoms with van der Waals surface area (Å²) in [7, 11) is 0. The summed E-state index contributed by atoms with van der Waals surface area (Å²) in [6.07, 6.45) is 5.58. The van der Waals surface area contributed by atoms with Crippen molar-refractivity contribution >= 4 is 11.2 Å². The zero-order valence-electron chi connectivity index (χ0n) is 12.0. The predicted molar refractivity (Wildman–Crippen MR) is 77.0 cm³/mol. The summed E-state index contributed by atoms with van der Waals surface area (Å²) in [6, 6.07) is 4.02. The Balaban J connectivity index is 2.11. The van der Waals surface area contributed by atoms with Crippen molar-refractivity contribution in [1.82, 2.24) is 19.9 Å². The summed E-state index contributed by atoms with van der Waals surface area (Å²) in [6.45, 7) is 7.86. The van der Waals surface area contributed by atoms with E-state index in [0.717, 1.165) is 30.0 Å². The average Bonchev–Trinajstić information content (AvgIpc) is 2.92. The van der Waals surface area contributed by atoms with Gasteiger partial charge in [0.2, 0.25) is 0 Å². The molecule has 19 heavy (non-hydrogen) atoms. The molecule has 2 aromatic heterocycles. The van der Waals surface area contributed by atoms with E-state index in [-0.39, 0.29) is 5.41 Å². The van der Waals surface area contributed by atoms with Gasteiger partial charge in [-0.3, -0.25) is 9.88 Å². The lowest BCUT2D eigenvalue weighted by Crippen LogP contribution is -2.24. The highest BCUT2D eigenvalue weighted by atomic mass is 15.3. The topological polar surface area (TPSA) is 42.7 Å². The van der Waals surface area contributed by atoms with Gasteiger partial charge in [-0.2, -0.15) is 0 Å². The van der Waals surface area contributed by atoms with Crippen LogP contribution in [0, 0.1) is 5.41 Å². The third-order valence-electron chi connectivity index (χ3n) is 3.56. The van der Waals surface area contributed by atoms with Crippen LogP contribution >= 0.6 is 0 Å². The highest BCUT2D eigenvalue weighted by Crippen LogP contribution is 2.28. The van der Waals surface area contributed by atoms with E-state index in [2.05, 4.69) is 41.7 Å². The van der Waals surface area contributed by atoms with Gasteiger partial charge in [-0.05, 0) is 36.9 Å². The van der Waals surface area contributed by atoms with E-state index in [9.17, 15) is 0 Å². The van der Waals surface area contributed by atoms with E-state index in [4.69, 9.17) is 4.98 Å². The summed E-state index contributed by atoms with van der Waals surface area (Å²) in [5.41, 5.74) is 2.26. The van der Waals surface area contributed by atoms with Crippen molar-refractivity contribution in [2.24, 2.45) is 5.41 Å². The normalized spacial score (nSPS) is 20.3. The largest absolute Gasteiger partial charge is 0.297 e. The Hall–Kier alpha value is -1.42. The van der Waals surface area contributed by atoms with Crippen LogP contribution in [0.2, 0.25) is 0 Å². The molecule has 4 heteroatoms. The smallest absolute Gasteiger partial charge is 0.161 e. The molecule has 1 saturated heterocycles. The number of nitrogens with zero attached hydrogens (tertiary/aromatic N) is 3. The maximum atomic E-state index is 4.80. The van der Waals surface area contributed by atoms with Crippen LogP contribution in [-0.2, 0) is 6.42 Å². The highest BCUT2D eigenvalue weighted by molar-refractivity contribution is 5.71. The van der Waals surface area contributed by atoms with Gasteiger partial charge in [0.25, 0.3) is 0 Å². The van der Waals surface area contributed by atoms with Crippen LogP contribution in [0.3, 0.4) is 0 Å². The number of nitrogens with one attached hydrogen (secondary N) is 1. The monoisotopic (exact) mass is 258 g/mol. The van der Waals surface area contributed by atoms with Crippen molar-refractivity contribution in [3.63, 3.8) is 0 Å². The molecule has 3 rings (SSSR count). The van der Waals surface area contributed by atoms with E-state index in [1.54, 1.807) is 0 Å². The Kier molecular flexibility index (Phi) is 3.05. The third-order valence-corrected chi connectivity index (χ3v) is 3.56. The number of pyridine rings is 1. The Labute approximate surface area is 114 Å². The fourth-order valence-corrected chi connectivity index (χ4v) is 2.79. The predicted octanol–water partition coefficient (Wildman–Crippen LogP) is 2.90. The first kappa shape index (κ1) is 12.6.